The first kappa shape index (κ1) is 18.4. The van der Waals surface area contributed by atoms with Crippen LogP contribution < -0.4 is 5.32 Å². The van der Waals surface area contributed by atoms with Gasteiger partial charge in [0.25, 0.3) is 11.8 Å². The molecule has 0 saturated carbocycles. The minimum Gasteiger partial charge on any atom is -0.391 e. The van der Waals surface area contributed by atoms with E-state index in [0.29, 0.717) is 29.2 Å². The Bertz CT molecular complexity index is 820. The highest BCUT2D eigenvalue weighted by Crippen LogP contribution is 2.26. The first-order valence-corrected chi connectivity index (χ1v) is 8.97. The third-order valence-electron chi connectivity index (χ3n) is 4.59. The fourth-order valence-corrected chi connectivity index (χ4v) is 3.34. The summed E-state index contributed by atoms with van der Waals surface area (Å²) in [6.45, 7) is 1.05. The number of nitrogens with one attached hydrogen (secondary N) is 1. The lowest BCUT2D eigenvalue weighted by atomic mass is 10.0. The van der Waals surface area contributed by atoms with Crippen LogP contribution in [0.5, 0.6) is 0 Å². The zero-order valence-corrected chi connectivity index (χ0v) is 15.3. The van der Waals surface area contributed by atoms with E-state index in [0.717, 1.165) is 24.0 Å². The average Bonchev–Trinajstić information content (AvgIpc) is 2.67. The fourth-order valence-electron chi connectivity index (χ4n) is 3.14. The van der Waals surface area contributed by atoms with Gasteiger partial charge in [-0.15, -0.1) is 0 Å². The number of amides is 2. The second-order valence-electron chi connectivity index (χ2n) is 6.40. The Kier molecular flexibility index (Phi) is 5.59. The van der Waals surface area contributed by atoms with E-state index in [-0.39, 0.29) is 11.8 Å². The normalized spacial score (nSPS) is 17.0. The van der Waals surface area contributed by atoms with Crippen LogP contribution in [0.2, 0.25) is 5.02 Å². The second-order valence-corrected chi connectivity index (χ2v) is 6.81. The van der Waals surface area contributed by atoms with Crippen molar-refractivity contribution in [3.8, 4) is 11.1 Å². The van der Waals surface area contributed by atoms with Crippen molar-refractivity contribution in [2.24, 2.45) is 0 Å². The quantitative estimate of drug-likeness (QED) is 0.870. The van der Waals surface area contributed by atoms with Gasteiger partial charge in [0.15, 0.2) is 0 Å². The monoisotopic (exact) mass is 372 g/mol. The lowest BCUT2D eigenvalue weighted by molar-refractivity contribution is 0.0474. The van der Waals surface area contributed by atoms with Crippen molar-refractivity contribution in [1.82, 2.24) is 10.2 Å². The van der Waals surface area contributed by atoms with Gasteiger partial charge in [0.2, 0.25) is 0 Å². The van der Waals surface area contributed by atoms with Gasteiger partial charge in [0.1, 0.15) is 0 Å². The van der Waals surface area contributed by atoms with E-state index in [1.165, 1.54) is 0 Å². The van der Waals surface area contributed by atoms with Gasteiger partial charge in [-0.2, -0.15) is 0 Å². The molecule has 0 aromatic heterocycles. The summed E-state index contributed by atoms with van der Waals surface area (Å²) in [7, 11) is 1.56. The molecule has 1 aliphatic rings. The van der Waals surface area contributed by atoms with E-state index in [9.17, 15) is 14.7 Å². The first-order chi connectivity index (χ1) is 12.5. The molecule has 26 heavy (non-hydrogen) atoms. The van der Waals surface area contributed by atoms with Crippen molar-refractivity contribution in [3.05, 3.63) is 58.6 Å². The van der Waals surface area contributed by atoms with Crippen molar-refractivity contribution in [3.63, 3.8) is 0 Å². The molecule has 2 amide bonds. The van der Waals surface area contributed by atoms with Crippen molar-refractivity contribution in [2.45, 2.75) is 18.9 Å². The van der Waals surface area contributed by atoms with Gasteiger partial charge in [-0.25, -0.2) is 0 Å². The predicted octanol–water partition coefficient (Wildman–Crippen LogP) is 2.96. The molecule has 0 unspecified atom stereocenters. The number of hydrogen-bond acceptors (Lipinski definition) is 3. The summed E-state index contributed by atoms with van der Waals surface area (Å²) in [5, 5.41) is 12.7. The fraction of sp³-hybridized carbons (Fsp3) is 0.300. The Morgan fingerprint density at radius 2 is 1.85 bits per heavy atom. The number of rotatable bonds is 3. The minimum absolute atomic E-state index is 0.0718. The summed E-state index contributed by atoms with van der Waals surface area (Å²) in [5.41, 5.74) is 2.74. The summed E-state index contributed by atoms with van der Waals surface area (Å²) in [6.07, 6.45) is 1.12. The first-order valence-electron chi connectivity index (χ1n) is 8.59. The van der Waals surface area contributed by atoms with Crippen LogP contribution in [0.15, 0.2) is 42.5 Å². The summed E-state index contributed by atoms with van der Waals surface area (Å²) in [4.78, 5) is 26.2. The van der Waals surface area contributed by atoms with Crippen molar-refractivity contribution >= 4 is 23.4 Å². The Morgan fingerprint density at radius 1 is 1.15 bits per heavy atom. The molecule has 5 nitrogen and oxygen atoms in total. The Labute approximate surface area is 157 Å². The second kappa shape index (κ2) is 7.89. The number of carbonyl (C=O) groups excluding carboxylic acids is 2. The summed E-state index contributed by atoms with van der Waals surface area (Å²) in [6, 6.07) is 12.5. The van der Waals surface area contributed by atoms with Crippen LogP contribution in [0.1, 0.15) is 33.6 Å². The van der Waals surface area contributed by atoms with Crippen LogP contribution in [0.3, 0.4) is 0 Å². The summed E-state index contributed by atoms with van der Waals surface area (Å²) >= 11 is 6.09. The lowest BCUT2D eigenvalue weighted by Gasteiger charge is -2.30. The van der Waals surface area contributed by atoms with E-state index in [2.05, 4.69) is 5.32 Å². The molecular weight excluding hydrogens is 352 g/mol. The number of aliphatic hydroxyl groups is 1. The molecule has 0 spiro atoms. The Balaban J connectivity index is 1.81. The van der Waals surface area contributed by atoms with Gasteiger partial charge in [-0.1, -0.05) is 29.8 Å². The van der Waals surface area contributed by atoms with Crippen LogP contribution >= 0.6 is 11.6 Å². The van der Waals surface area contributed by atoms with Crippen molar-refractivity contribution in [1.29, 1.82) is 0 Å². The van der Waals surface area contributed by atoms with Crippen molar-refractivity contribution < 1.29 is 14.7 Å². The number of nitrogens with zero attached hydrogens (tertiary/aromatic N) is 1. The molecule has 0 aliphatic carbocycles. The molecule has 3 rings (SSSR count). The number of benzene rings is 2. The van der Waals surface area contributed by atoms with Gasteiger partial charge >= 0.3 is 0 Å². The smallest absolute Gasteiger partial charge is 0.253 e. The van der Waals surface area contributed by atoms with Gasteiger partial charge in [-0.3, -0.25) is 9.59 Å². The highest BCUT2D eigenvalue weighted by molar-refractivity contribution is 6.34. The van der Waals surface area contributed by atoms with Gasteiger partial charge < -0.3 is 15.3 Å². The number of halogens is 1. The number of aliphatic hydroxyl groups excluding tert-OH is 1. The average molecular weight is 373 g/mol. The number of piperidine rings is 1. The molecule has 6 heteroatoms. The Morgan fingerprint density at radius 3 is 2.50 bits per heavy atom. The van der Waals surface area contributed by atoms with Crippen LogP contribution in [-0.2, 0) is 0 Å². The molecule has 2 aromatic rings. The highest BCUT2D eigenvalue weighted by Gasteiger charge is 2.23. The SMILES string of the molecule is CNC(=O)c1cc(-c2ccc(C(=O)N3CCC[C@@H](O)C3)cc2)ccc1Cl. The van der Waals surface area contributed by atoms with Crippen LogP contribution in [0.4, 0.5) is 0 Å². The number of carbonyl (C=O) groups is 2. The van der Waals surface area contributed by atoms with E-state index >= 15 is 0 Å². The molecular formula is C20H21ClN2O3. The molecule has 1 atom stereocenters. The predicted molar refractivity (Wildman–Crippen MR) is 101 cm³/mol. The van der Waals surface area contributed by atoms with Crippen LogP contribution in [0.25, 0.3) is 11.1 Å². The molecule has 0 radical (unpaired) electrons. The molecule has 1 aliphatic heterocycles. The van der Waals surface area contributed by atoms with Gasteiger partial charge in [0.05, 0.1) is 16.7 Å². The molecule has 1 heterocycles. The van der Waals surface area contributed by atoms with Gasteiger partial charge in [-0.05, 0) is 48.2 Å². The molecule has 1 fully saturated rings. The molecule has 2 aromatic carbocycles. The molecule has 1 saturated heterocycles. The molecule has 0 bridgehead atoms. The number of likely N-dealkylation sites (tertiary alicyclic amines) is 1. The minimum atomic E-state index is -0.441. The van der Waals surface area contributed by atoms with E-state index in [4.69, 9.17) is 11.6 Å². The van der Waals surface area contributed by atoms with E-state index < -0.39 is 6.10 Å². The zero-order valence-electron chi connectivity index (χ0n) is 14.5. The number of hydrogen-bond donors (Lipinski definition) is 2. The third-order valence-corrected chi connectivity index (χ3v) is 4.92. The van der Waals surface area contributed by atoms with Crippen LogP contribution in [0, 0.1) is 0 Å². The third kappa shape index (κ3) is 3.89. The molecule has 136 valence electrons. The maximum atomic E-state index is 12.6. The standard InChI is InChI=1S/C20H21ClN2O3/c1-22-19(25)17-11-15(8-9-18(17)21)13-4-6-14(7-5-13)20(26)23-10-2-3-16(24)12-23/h4-9,11,16,24H,2-3,10,12H2,1H3,(H,22,25)/t16-/m1/s1. The topological polar surface area (TPSA) is 69.6 Å². The zero-order chi connectivity index (χ0) is 18.7. The largest absolute Gasteiger partial charge is 0.391 e. The number of β-amino-alcohol motifs (C(OH)–C–C–N with tert-alkyl or cyclic N) is 1. The maximum absolute atomic E-state index is 12.6. The maximum Gasteiger partial charge on any atom is 0.253 e. The summed E-state index contributed by atoms with van der Waals surface area (Å²) < 4.78 is 0. The van der Waals surface area contributed by atoms with Crippen molar-refractivity contribution in [2.75, 3.05) is 20.1 Å². The van der Waals surface area contributed by atoms with Gasteiger partial charge in [0, 0.05) is 25.7 Å². The van der Waals surface area contributed by atoms with E-state index in [1.807, 2.05) is 18.2 Å². The van der Waals surface area contributed by atoms with E-state index in [1.54, 1.807) is 36.2 Å². The Hall–Kier alpha value is -2.37. The highest BCUT2D eigenvalue weighted by atomic mass is 35.5. The van der Waals surface area contributed by atoms with Crippen LogP contribution in [-0.4, -0.2) is 48.1 Å². The lowest BCUT2D eigenvalue weighted by Crippen LogP contribution is -2.42. The molecule has 2 N–H and O–H groups in total. The summed E-state index contributed by atoms with van der Waals surface area (Å²) in [5.74, 6) is -0.315.